The first-order chi connectivity index (χ1) is 16.3. The number of carbonyl (C=O) groups is 1. The summed E-state index contributed by atoms with van der Waals surface area (Å²) in [5.41, 5.74) is 0.312. The van der Waals surface area contributed by atoms with Crippen LogP contribution < -0.4 is 0 Å². The Labute approximate surface area is 193 Å². The van der Waals surface area contributed by atoms with Gasteiger partial charge in [0, 0.05) is 30.6 Å². The normalized spacial score (nSPS) is 15.3. The minimum absolute atomic E-state index is 0.147. The summed E-state index contributed by atoms with van der Waals surface area (Å²) in [6.45, 7) is 1.42. The molecule has 1 saturated heterocycles. The molecule has 1 N–H and O–H groups in total. The molecule has 0 unspecified atom stereocenters. The van der Waals surface area contributed by atoms with Crippen molar-refractivity contribution in [1.82, 2.24) is 19.4 Å². The second kappa shape index (κ2) is 8.62. The zero-order valence-electron chi connectivity index (χ0n) is 18.3. The van der Waals surface area contributed by atoms with E-state index in [1.165, 1.54) is 4.90 Å². The number of imidazole rings is 1. The molecular formula is C25H23F3N4O2. The first-order valence-electron chi connectivity index (χ1n) is 11.2. The number of hydrogen-bond donors (Lipinski definition) is 1. The molecule has 0 atom stereocenters. The highest BCUT2D eigenvalue weighted by molar-refractivity contribution is 6.04. The van der Waals surface area contributed by atoms with E-state index >= 15 is 0 Å². The maximum atomic E-state index is 14.0. The molecule has 3 heterocycles. The van der Waals surface area contributed by atoms with Gasteiger partial charge in [-0.2, -0.15) is 13.2 Å². The summed E-state index contributed by atoms with van der Waals surface area (Å²) < 4.78 is 43.9. The molecule has 1 fully saturated rings. The third kappa shape index (κ3) is 4.06. The summed E-state index contributed by atoms with van der Waals surface area (Å²) in [5, 5.41) is 9.82. The minimum atomic E-state index is -4.64. The molecule has 9 heteroatoms. The smallest absolute Gasteiger partial charge is 0.435 e. The predicted molar refractivity (Wildman–Crippen MR) is 122 cm³/mol. The number of benzene rings is 2. The fourth-order valence-electron chi connectivity index (χ4n) is 4.78. The van der Waals surface area contributed by atoms with Crippen molar-refractivity contribution in [2.24, 2.45) is 5.92 Å². The Balaban J connectivity index is 1.63. The summed E-state index contributed by atoms with van der Waals surface area (Å²) in [6, 6.07) is 16.0. The van der Waals surface area contributed by atoms with Gasteiger partial charge in [0.25, 0.3) is 0 Å². The van der Waals surface area contributed by atoms with E-state index in [9.17, 15) is 23.1 Å². The second-order valence-corrected chi connectivity index (χ2v) is 8.63. The summed E-state index contributed by atoms with van der Waals surface area (Å²) in [7, 11) is 0. The standard InChI is InChI=1S/C25H23F3N4O2/c26-25(27,28)22-20-21(18-8-4-5-9-19(18)29-22)32(23(30-20)17-6-2-1-3-7-17)15-12-16-10-13-31(14-11-16)24(33)34/h1-9,16H,10-15H2,(H,33,34). The largest absolute Gasteiger partial charge is 0.465 e. The maximum Gasteiger partial charge on any atom is 0.435 e. The minimum Gasteiger partial charge on any atom is -0.465 e. The molecule has 2 aromatic heterocycles. The van der Waals surface area contributed by atoms with Crippen molar-refractivity contribution in [3.05, 3.63) is 60.3 Å². The summed E-state index contributed by atoms with van der Waals surface area (Å²) in [6.07, 6.45) is -3.37. The van der Waals surface area contributed by atoms with Crippen LogP contribution in [-0.2, 0) is 12.7 Å². The van der Waals surface area contributed by atoms with Gasteiger partial charge in [-0.1, -0.05) is 48.5 Å². The van der Waals surface area contributed by atoms with Crippen molar-refractivity contribution in [3.63, 3.8) is 0 Å². The lowest BCUT2D eigenvalue weighted by Gasteiger charge is -2.30. The monoisotopic (exact) mass is 468 g/mol. The van der Waals surface area contributed by atoms with Gasteiger partial charge in [-0.15, -0.1) is 0 Å². The average molecular weight is 468 g/mol. The first kappa shape index (κ1) is 22.2. The van der Waals surface area contributed by atoms with Gasteiger partial charge in [0.15, 0.2) is 5.69 Å². The van der Waals surface area contributed by atoms with E-state index in [-0.39, 0.29) is 17.0 Å². The SMILES string of the molecule is O=C(O)N1CCC(CCn2c(-c3ccccc3)nc3c(C(F)(F)F)nc4ccccc4c32)CC1. The van der Waals surface area contributed by atoms with Crippen molar-refractivity contribution >= 4 is 28.0 Å². The number of piperidine rings is 1. The predicted octanol–water partition coefficient (Wildman–Crippen LogP) is 6.05. The number of carboxylic acid groups (broad SMARTS) is 1. The Morgan fingerprint density at radius 2 is 1.68 bits per heavy atom. The van der Waals surface area contributed by atoms with Crippen molar-refractivity contribution in [3.8, 4) is 11.4 Å². The fraction of sp³-hybridized carbons (Fsp3) is 0.320. The number of pyridine rings is 1. The quantitative estimate of drug-likeness (QED) is 0.396. The van der Waals surface area contributed by atoms with Crippen LogP contribution >= 0.6 is 0 Å². The van der Waals surface area contributed by atoms with Gasteiger partial charge < -0.3 is 14.6 Å². The number of amides is 1. The van der Waals surface area contributed by atoms with E-state index < -0.39 is 18.0 Å². The van der Waals surface area contributed by atoms with Crippen molar-refractivity contribution in [2.75, 3.05) is 13.1 Å². The van der Waals surface area contributed by atoms with E-state index in [1.54, 1.807) is 24.3 Å². The Hall–Kier alpha value is -3.62. The van der Waals surface area contributed by atoms with Gasteiger partial charge in [-0.3, -0.25) is 0 Å². The Morgan fingerprint density at radius 3 is 2.35 bits per heavy atom. The maximum absolute atomic E-state index is 14.0. The number of aryl methyl sites for hydroxylation is 1. The van der Waals surface area contributed by atoms with Crippen molar-refractivity contribution in [1.29, 1.82) is 0 Å². The van der Waals surface area contributed by atoms with Crippen LogP contribution in [0.25, 0.3) is 33.3 Å². The van der Waals surface area contributed by atoms with E-state index in [0.29, 0.717) is 36.4 Å². The third-order valence-electron chi connectivity index (χ3n) is 6.53. The number of hydrogen-bond acceptors (Lipinski definition) is 3. The molecule has 0 saturated carbocycles. The van der Waals surface area contributed by atoms with Gasteiger partial charge in [0.1, 0.15) is 11.3 Å². The summed E-state index contributed by atoms with van der Waals surface area (Å²) >= 11 is 0. The lowest BCUT2D eigenvalue weighted by Crippen LogP contribution is -2.37. The van der Waals surface area contributed by atoms with Crippen LogP contribution in [0, 0.1) is 5.92 Å². The van der Waals surface area contributed by atoms with Crippen molar-refractivity contribution in [2.45, 2.75) is 32.0 Å². The van der Waals surface area contributed by atoms with Gasteiger partial charge >= 0.3 is 12.3 Å². The topological polar surface area (TPSA) is 71.2 Å². The molecule has 176 valence electrons. The Morgan fingerprint density at radius 1 is 1.00 bits per heavy atom. The Bertz CT molecular complexity index is 1340. The van der Waals surface area contributed by atoms with Crippen LogP contribution in [0.1, 0.15) is 25.0 Å². The first-order valence-corrected chi connectivity index (χ1v) is 11.2. The van der Waals surface area contributed by atoms with Crippen LogP contribution in [0.5, 0.6) is 0 Å². The molecule has 0 bridgehead atoms. The number of alkyl halides is 3. The molecule has 0 radical (unpaired) electrons. The molecule has 1 amide bonds. The van der Waals surface area contributed by atoms with E-state index in [4.69, 9.17) is 0 Å². The Kier molecular flexibility index (Phi) is 5.63. The molecule has 4 aromatic rings. The van der Waals surface area contributed by atoms with E-state index in [0.717, 1.165) is 24.8 Å². The highest BCUT2D eigenvalue weighted by Crippen LogP contribution is 2.38. The van der Waals surface area contributed by atoms with Crippen LogP contribution in [0.2, 0.25) is 0 Å². The number of nitrogens with zero attached hydrogens (tertiary/aromatic N) is 4. The number of likely N-dealkylation sites (tertiary alicyclic amines) is 1. The lowest BCUT2D eigenvalue weighted by atomic mass is 9.93. The molecule has 1 aliphatic heterocycles. The van der Waals surface area contributed by atoms with E-state index in [1.807, 2.05) is 34.9 Å². The molecule has 5 rings (SSSR count). The fourth-order valence-corrected chi connectivity index (χ4v) is 4.78. The zero-order chi connectivity index (χ0) is 23.9. The van der Waals surface area contributed by atoms with Gasteiger partial charge in [0.2, 0.25) is 0 Å². The van der Waals surface area contributed by atoms with Crippen LogP contribution in [0.4, 0.5) is 18.0 Å². The second-order valence-electron chi connectivity index (χ2n) is 8.63. The highest BCUT2D eigenvalue weighted by atomic mass is 19.4. The van der Waals surface area contributed by atoms with Gasteiger partial charge in [-0.05, 0) is 31.2 Å². The van der Waals surface area contributed by atoms with E-state index in [2.05, 4.69) is 9.97 Å². The van der Waals surface area contributed by atoms with Crippen LogP contribution in [0.3, 0.4) is 0 Å². The molecule has 0 aliphatic carbocycles. The zero-order valence-corrected chi connectivity index (χ0v) is 18.3. The lowest BCUT2D eigenvalue weighted by molar-refractivity contribution is -0.139. The average Bonchev–Trinajstić information content (AvgIpc) is 3.22. The molecule has 6 nitrogen and oxygen atoms in total. The van der Waals surface area contributed by atoms with Crippen molar-refractivity contribution < 1.29 is 23.1 Å². The molecule has 2 aromatic carbocycles. The van der Waals surface area contributed by atoms with Gasteiger partial charge in [0.05, 0.1) is 11.0 Å². The van der Waals surface area contributed by atoms with Crippen LogP contribution in [-0.4, -0.2) is 43.7 Å². The number of aromatic nitrogens is 3. The molecule has 34 heavy (non-hydrogen) atoms. The summed E-state index contributed by atoms with van der Waals surface area (Å²) in [5.74, 6) is 0.758. The number of halogens is 3. The van der Waals surface area contributed by atoms with Crippen LogP contribution in [0.15, 0.2) is 54.6 Å². The van der Waals surface area contributed by atoms with Gasteiger partial charge in [-0.25, -0.2) is 14.8 Å². The molecular weight excluding hydrogens is 445 g/mol. The number of rotatable bonds is 4. The summed E-state index contributed by atoms with van der Waals surface area (Å²) in [4.78, 5) is 21.0. The third-order valence-corrected chi connectivity index (χ3v) is 6.53. The number of fused-ring (bicyclic) bond motifs is 3. The molecule has 0 spiro atoms. The molecule has 1 aliphatic rings. The number of para-hydroxylation sites is 1. The highest BCUT2D eigenvalue weighted by Gasteiger charge is 2.37.